The number of carbonyl (C=O) groups excluding carboxylic acids is 1. The molecule has 7 rings (SSSR count). The smallest absolute Gasteiger partial charge is 0.277 e. The highest BCUT2D eigenvalue weighted by Crippen LogP contribution is 2.44. The van der Waals surface area contributed by atoms with Crippen LogP contribution in [0, 0.1) is 0 Å². The van der Waals surface area contributed by atoms with Crippen molar-refractivity contribution in [2.24, 2.45) is 5.73 Å². The van der Waals surface area contributed by atoms with Crippen LogP contribution in [0.15, 0.2) is 88.6 Å². The van der Waals surface area contributed by atoms with E-state index in [2.05, 4.69) is 47.1 Å². The van der Waals surface area contributed by atoms with Gasteiger partial charge >= 0.3 is 0 Å². The average Bonchev–Trinajstić information content (AvgIpc) is 3.60. The Kier molecular flexibility index (Phi) is 7.53. The van der Waals surface area contributed by atoms with E-state index >= 15 is 0 Å². The van der Waals surface area contributed by atoms with Gasteiger partial charge in [0, 0.05) is 46.1 Å². The largest absolute Gasteiger partial charge is 0.451 e. The summed E-state index contributed by atoms with van der Waals surface area (Å²) in [5, 5.41) is 7.10. The number of primary amides is 1. The maximum Gasteiger partial charge on any atom is 0.277 e. The molecule has 2 fully saturated rings. The Balaban J connectivity index is 1.25. The number of carbonyl (C=O) groups is 1. The van der Waals surface area contributed by atoms with Crippen molar-refractivity contribution < 1.29 is 17.6 Å². The third kappa shape index (κ3) is 5.32. The van der Waals surface area contributed by atoms with E-state index in [9.17, 15) is 13.2 Å². The van der Waals surface area contributed by atoms with Crippen LogP contribution in [0.4, 0.5) is 0 Å². The molecule has 11 heteroatoms. The fraction of sp³-hybridized carbons (Fsp3) is 0.273. The predicted molar refractivity (Wildman–Crippen MR) is 170 cm³/mol. The van der Waals surface area contributed by atoms with Gasteiger partial charge in [-0.1, -0.05) is 53.5 Å². The van der Waals surface area contributed by atoms with Crippen LogP contribution in [0.3, 0.4) is 0 Å². The minimum Gasteiger partial charge on any atom is -0.451 e. The summed E-state index contributed by atoms with van der Waals surface area (Å²) >= 11 is 12.5. The Morgan fingerprint density at radius 2 is 1.45 bits per heavy atom. The van der Waals surface area contributed by atoms with Gasteiger partial charge in [-0.25, -0.2) is 8.42 Å². The monoisotopic (exact) mass is 648 g/mol. The first-order chi connectivity index (χ1) is 21.2. The van der Waals surface area contributed by atoms with Crippen molar-refractivity contribution in [3.8, 4) is 0 Å². The molecular formula is C33H30Cl2N4O4S. The summed E-state index contributed by atoms with van der Waals surface area (Å²) in [5.74, 6) is -0.775. The van der Waals surface area contributed by atoms with Gasteiger partial charge in [0.1, 0.15) is 0 Å². The summed E-state index contributed by atoms with van der Waals surface area (Å²) in [7, 11) is -4.00. The van der Waals surface area contributed by atoms with Crippen LogP contribution in [0.1, 0.15) is 76.3 Å². The first-order valence-electron chi connectivity index (χ1n) is 14.6. The van der Waals surface area contributed by atoms with Crippen LogP contribution in [0.5, 0.6) is 0 Å². The Labute approximate surface area is 265 Å². The molecule has 1 saturated heterocycles. The fourth-order valence-corrected chi connectivity index (χ4v) is 8.18. The van der Waals surface area contributed by atoms with Crippen molar-refractivity contribution in [2.45, 2.75) is 48.7 Å². The number of benzene rings is 3. The average molecular weight is 650 g/mol. The van der Waals surface area contributed by atoms with E-state index in [0.29, 0.717) is 42.0 Å². The van der Waals surface area contributed by atoms with Crippen molar-refractivity contribution in [2.75, 3.05) is 13.1 Å². The first-order valence-corrected chi connectivity index (χ1v) is 16.8. The van der Waals surface area contributed by atoms with Gasteiger partial charge in [0.05, 0.1) is 23.4 Å². The molecule has 0 unspecified atom stereocenters. The number of fused-ring (bicyclic) bond motifs is 1. The maximum atomic E-state index is 13.4. The molecule has 1 aliphatic carbocycles. The van der Waals surface area contributed by atoms with Gasteiger partial charge in [-0.05, 0) is 84.8 Å². The number of hydrogen-bond donors (Lipinski definition) is 1. The van der Waals surface area contributed by atoms with E-state index in [-0.39, 0.29) is 17.4 Å². The number of nitrogens with zero attached hydrogens (tertiary/aromatic N) is 3. The summed E-state index contributed by atoms with van der Waals surface area (Å²) in [6.45, 7) is 0.586. The van der Waals surface area contributed by atoms with Crippen molar-refractivity contribution in [3.05, 3.63) is 117 Å². The zero-order valence-corrected chi connectivity index (χ0v) is 26.0. The molecule has 3 aromatic carbocycles. The van der Waals surface area contributed by atoms with E-state index in [1.165, 1.54) is 16.6 Å². The van der Waals surface area contributed by atoms with Crippen LogP contribution in [-0.4, -0.2) is 41.5 Å². The second kappa shape index (κ2) is 11.4. The quantitative estimate of drug-likeness (QED) is 0.180. The molecule has 226 valence electrons. The summed E-state index contributed by atoms with van der Waals surface area (Å²) in [6, 6.07) is 24.0. The highest BCUT2D eigenvalue weighted by molar-refractivity contribution is 7.89. The van der Waals surface area contributed by atoms with Crippen LogP contribution in [-0.2, 0) is 10.0 Å². The Bertz CT molecular complexity index is 1910. The number of amides is 1. The highest BCUT2D eigenvalue weighted by atomic mass is 35.5. The molecule has 2 aliphatic rings. The van der Waals surface area contributed by atoms with Crippen molar-refractivity contribution in [1.82, 2.24) is 14.1 Å². The molecule has 1 amide bonds. The number of rotatable bonds is 8. The highest BCUT2D eigenvalue weighted by Gasteiger charge is 2.38. The predicted octanol–water partition coefficient (Wildman–Crippen LogP) is 7.12. The first kappa shape index (κ1) is 29.1. The van der Waals surface area contributed by atoms with Gasteiger partial charge in [0.15, 0.2) is 0 Å². The Morgan fingerprint density at radius 3 is 2.02 bits per heavy atom. The zero-order chi connectivity index (χ0) is 30.6. The number of aromatic nitrogens is 2. The standard InChI is InChI=1S/C33H30Cl2N4O4S/c34-24-6-1-20(2-7-24)30(21-3-8-25(35)9-4-21)23-5-12-29-28(19-23)31(39(37-29)26-10-11-26)22-13-16-38(17-14-22)44(41,42)33-27(32(36)40)15-18-43-33/h1-9,12,15,18-19,22,26,30H,10-11,13-14,16-17H2,(H2,36,40). The zero-order valence-electron chi connectivity index (χ0n) is 23.7. The lowest BCUT2D eigenvalue weighted by atomic mass is 9.84. The van der Waals surface area contributed by atoms with Gasteiger partial charge in [-0.15, -0.1) is 0 Å². The number of sulfonamides is 1. The maximum absolute atomic E-state index is 13.4. The van der Waals surface area contributed by atoms with Crippen LogP contribution in [0.25, 0.3) is 10.9 Å². The lowest BCUT2D eigenvalue weighted by Crippen LogP contribution is -2.38. The normalized spacial score (nSPS) is 16.6. The van der Waals surface area contributed by atoms with E-state index in [1.807, 2.05) is 24.3 Å². The van der Waals surface area contributed by atoms with Gasteiger partial charge in [0.2, 0.25) is 5.09 Å². The molecule has 1 aliphatic heterocycles. The topological polar surface area (TPSA) is 111 Å². The summed E-state index contributed by atoms with van der Waals surface area (Å²) in [5.41, 5.74) is 10.7. The minimum atomic E-state index is -4.00. The second-order valence-electron chi connectivity index (χ2n) is 11.5. The third-order valence-electron chi connectivity index (χ3n) is 8.70. The molecule has 44 heavy (non-hydrogen) atoms. The van der Waals surface area contributed by atoms with Crippen LogP contribution >= 0.6 is 23.2 Å². The molecule has 5 aromatic rings. The number of furan rings is 1. The van der Waals surface area contributed by atoms with Gasteiger partial charge in [-0.3, -0.25) is 9.48 Å². The van der Waals surface area contributed by atoms with Crippen LogP contribution in [0.2, 0.25) is 10.0 Å². The van der Waals surface area contributed by atoms with Crippen molar-refractivity contribution in [1.29, 1.82) is 0 Å². The molecule has 0 radical (unpaired) electrons. The van der Waals surface area contributed by atoms with Gasteiger partial charge < -0.3 is 10.2 Å². The molecule has 0 bridgehead atoms. The molecule has 2 N–H and O–H groups in total. The lowest BCUT2D eigenvalue weighted by molar-refractivity contribution is 0.0994. The number of nitrogens with two attached hydrogens (primary N) is 1. The Morgan fingerprint density at radius 1 is 0.864 bits per heavy atom. The number of piperidine rings is 1. The molecular weight excluding hydrogens is 619 g/mol. The van der Waals surface area contributed by atoms with E-state index in [1.54, 1.807) is 0 Å². The van der Waals surface area contributed by atoms with Gasteiger partial charge in [0.25, 0.3) is 15.9 Å². The molecule has 0 spiro atoms. The summed E-state index contributed by atoms with van der Waals surface area (Å²) < 4.78 is 35.6. The van der Waals surface area contributed by atoms with Gasteiger partial charge in [-0.2, -0.15) is 9.40 Å². The SMILES string of the molecule is NC(=O)c1ccoc1S(=O)(=O)N1CCC(c2c3cc(C(c4ccc(Cl)cc4)c4ccc(Cl)cc4)ccc3nn2C2CC2)CC1. The van der Waals surface area contributed by atoms with E-state index < -0.39 is 21.0 Å². The number of halogens is 2. The van der Waals surface area contributed by atoms with Crippen molar-refractivity contribution >= 4 is 50.0 Å². The second-order valence-corrected chi connectivity index (χ2v) is 14.2. The molecule has 3 heterocycles. The minimum absolute atomic E-state index is 0.0502. The third-order valence-corrected chi connectivity index (χ3v) is 11.0. The molecule has 8 nitrogen and oxygen atoms in total. The fourth-order valence-electron chi connectivity index (χ4n) is 6.38. The van der Waals surface area contributed by atoms with E-state index in [4.69, 9.17) is 38.5 Å². The Hall–Kier alpha value is -3.63. The summed E-state index contributed by atoms with van der Waals surface area (Å²) in [6.07, 6.45) is 4.56. The molecule has 0 atom stereocenters. The number of hydrogen-bond acceptors (Lipinski definition) is 5. The van der Waals surface area contributed by atoms with E-state index in [0.717, 1.165) is 46.1 Å². The van der Waals surface area contributed by atoms with Crippen LogP contribution < -0.4 is 5.73 Å². The lowest BCUT2D eigenvalue weighted by Gasteiger charge is -2.31. The summed E-state index contributed by atoms with van der Waals surface area (Å²) in [4.78, 5) is 11.8. The van der Waals surface area contributed by atoms with Crippen molar-refractivity contribution in [3.63, 3.8) is 0 Å². The molecule has 2 aromatic heterocycles. The molecule has 1 saturated carbocycles.